The van der Waals surface area contributed by atoms with Gasteiger partial charge in [-0.3, -0.25) is 0 Å². The molecule has 0 unspecified atom stereocenters. The maximum absolute atomic E-state index is 12.4. The van der Waals surface area contributed by atoms with E-state index >= 15 is 0 Å². The Labute approximate surface area is 172 Å². The van der Waals surface area contributed by atoms with Gasteiger partial charge in [0.2, 0.25) is 0 Å². The van der Waals surface area contributed by atoms with E-state index in [1.807, 2.05) is 0 Å². The lowest BCUT2D eigenvalue weighted by Crippen LogP contribution is -2.27. The van der Waals surface area contributed by atoms with E-state index in [-0.39, 0.29) is 23.9 Å². The molecule has 0 atom stereocenters. The van der Waals surface area contributed by atoms with Crippen LogP contribution in [0.5, 0.6) is 5.75 Å². The lowest BCUT2D eigenvalue weighted by molar-refractivity contribution is -0.274. The van der Waals surface area contributed by atoms with Gasteiger partial charge in [-0.2, -0.15) is 0 Å². The molecule has 0 heterocycles. The molecule has 2 aromatic carbocycles. The minimum Gasteiger partial charge on any atom is -0.406 e. The summed E-state index contributed by atoms with van der Waals surface area (Å²) < 4.78 is 64.5. The van der Waals surface area contributed by atoms with Gasteiger partial charge in [0.1, 0.15) is 5.75 Å². The number of benzene rings is 2. The summed E-state index contributed by atoms with van der Waals surface area (Å²) in [6.45, 7) is -0.541. The van der Waals surface area contributed by atoms with Crippen LogP contribution < -0.4 is 4.74 Å². The van der Waals surface area contributed by atoms with Crippen LogP contribution in [0.4, 0.5) is 13.2 Å². The quantitative estimate of drug-likeness (QED) is 0.713. The lowest BCUT2D eigenvalue weighted by atomic mass is 9.84. The second-order valence-electron chi connectivity index (χ2n) is 7.50. The van der Waals surface area contributed by atoms with Crippen molar-refractivity contribution < 1.29 is 36.5 Å². The minimum atomic E-state index is -4.79. The van der Waals surface area contributed by atoms with Crippen LogP contribution >= 0.6 is 0 Å². The largest absolute Gasteiger partial charge is 0.573 e. The number of aliphatic hydroxyl groups excluding tert-OH is 2. The number of aliphatic hydroxyl groups is 2. The van der Waals surface area contributed by atoms with Crippen molar-refractivity contribution >= 4 is 21.0 Å². The van der Waals surface area contributed by atoms with E-state index in [0.717, 1.165) is 23.0 Å². The Hall–Kier alpha value is -2.36. The summed E-state index contributed by atoms with van der Waals surface area (Å²) in [4.78, 5) is 0.163. The van der Waals surface area contributed by atoms with E-state index in [4.69, 9.17) is 0 Å². The first-order valence-corrected chi connectivity index (χ1v) is 11.0. The van der Waals surface area contributed by atoms with Crippen molar-refractivity contribution in [3.05, 3.63) is 59.7 Å². The molecular formula is C21H21F3O5S. The molecule has 0 aliphatic heterocycles. The van der Waals surface area contributed by atoms with Gasteiger partial charge in [-0.15, -0.1) is 13.2 Å². The first-order valence-electron chi connectivity index (χ1n) is 9.07. The van der Waals surface area contributed by atoms with Crippen molar-refractivity contribution in [1.82, 2.24) is 0 Å². The van der Waals surface area contributed by atoms with Crippen LogP contribution in [-0.2, 0) is 9.84 Å². The lowest BCUT2D eigenvalue weighted by Gasteiger charge is -2.24. The van der Waals surface area contributed by atoms with Crippen LogP contribution in [0.15, 0.2) is 53.4 Å². The van der Waals surface area contributed by atoms with Crippen molar-refractivity contribution in [2.75, 3.05) is 19.5 Å². The maximum Gasteiger partial charge on any atom is 0.573 e. The van der Waals surface area contributed by atoms with Crippen molar-refractivity contribution in [1.29, 1.82) is 0 Å². The molecule has 30 heavy (non-hydrogen) atoms. The van der Waals surface area contributed by atoms with Crippen molar-refractivity contribution in [3.8, 4) is 5.75 Å². The molecule has 3 rings (SSSR count). The molecule has 0 spiro atoms. The van der Waals surface area contributed by atoms with Crippen LogP contribution in [0.1, 0.15) is 24.0 Å². The molecule has 1 aliphatic carbocycles. The second-order valence-corrected chi connectivity index (χ2v) is 9.51. The molecule has 0 radical (unpaired) electrons. The van der Waals surface area contributed by atoms with Gasteiger partial charge in [0.15, 0.2) is 9.84 Å². The molecule has 2 aromatic rings. The molecule has 0 bridgehead atoms. The van der Waals surface area contributed by atoms with Crippen LogP contribution in [0, 0.1) is 5.41 Å². The summed E-state index contributed by atoms with van der Waals surface area (Å²) >= 11 is 0. The summed E-state index contributed by atoms with van der Waals surface area (Å²) in [5.74, 6) is -0.348. The van der Waals surface area contributed by atoms with Crippen LogP contribution in [-0.4, -0.2) is 44.5 Å². The number of alkyl halides is 3. The molecular weight excluding hydrogens is 421 g/mol. The Bertz CT molecular complexity index is 1040. The SMILES string of the molecule is CS(=O)(=O)c1ccc(C2=C(c3ccc(OC(F)(F)F)cc3)CC(CO)(CO)C2)cc1. The van der Waals surface area contributed by atoms with E-state index in [9.17, 15) is 31.8 Å². The highest BCUT2D eigenvalue weighted by Crippen LogP contribution is 2.50. The smallest absolute Gasteiger partial charge is 0.406 e. The predicted octanol–water partition coefficient (Wildman–Crippen LogP) is 3.66. The molecule has 5 nitrogen and oxygen atoms in total. The molecule has 0 saturated carbocycles. The summed E-state index contributed by atoms with van der Waals surface area (Å²) in [6, 6.07) is 11.7. The number of halogens is 3. The molecule has 1 aliphatic rings. The summed E-state index contributed by atoms with van der Waals surface area (Å²) in [6.07, 6.45) is -3.02. The number of ether oxygens (including phenoxy) is 1. The van der Waals surface area contributed by atoms with E-state index in [2.05, 4.69) is 4.74 Å². The van der Waals surface area contributed by atoms with Crippen LogP contribution in [0.3, 0.4) is 0 Å². The van der Waals surface area contributed by atoms with Gasteiger partial charge in [-0.1, -0.05) is 24.3 Å². The Balaban J connectivity index is 2.02. The zero-order valence-electron chi connectivity index (χ0n) is 16.1. The number of hydrogen-bond donors (Lipinski definition) is 2. The summed E-state index contributed by atoms with van der Waals surface area (Å²) in [7, 11) is -3.36. The highest BCUT2D eigenvalue weighted by Gasteiger charge is 2.39. The average Bonchev–Trinajstić information content (AvgIpc) is 3.07. The second kappa shape index (κ2) is 8.05. The van der Waals surface area contributed by atoms with Gasteiger partial charge in [-0.05, 0) is 59.4 Å². The fourth-order valence-electron chi connectivity index (χ4n) is 3.61. The number of hydrogen-bond acceptors (Lipinski definition) is 5. The predicted molar refractivity (Wildman–Crippen MR) is 105 cm³/mol. The van der Waals surface area contributed by atoms with E-state index in [0.29, 0.717) is 18.4 Å². The normalized spacial score (nSPS) is 16.7. The minimum absolute atomic E-state index is 0.163. The Morgan fingerprint density at radius 2 is 1.33 bits per heavy atom. The van der Waals surface area contributed by atoms with Crippen LogP contribution in [0.25, 0.3) is 11.1 Å². The third kappa shape index (κ3) is 4.85. The highest BCUT2D eigenvalue weighted by molar-refractivity contribution is 7.90. The first kappa shape index (κ1) is 22.3. The van der Waals surface area contributed by atoms with Gasteiger partial charge in [-0.25, -0.2) is 8.42 Å². The van der Waals surface area contributed by atoms with E-state index in [1.54, 1.807) is 12.1 Å². The summed E-state index contributed by atoms with van der Waals surface area (Å²) in [5.41, 5.74) is 2.11. The van der Waals surface area contributed by atoms with Crippen LogP contribution in [0.2, 0.25) is 0 Å². The standard InChI is InChI=1S/C21H21F3O5S/c1-30(27,28)17-8-4-15(5-9-17)19-11-20(12-25,13-26)10-18(19)14-2-6-16(7-3-14)29-21(22,23)24/h2-9,25-26H,10-13H2,1H3. The Kier molecular flexibility index (Phi) is 5.99. The molecule has 9 heteroatoms. The monoisotopic (exact) mass is 442 g/mol. The van der Waals surface area contributed by atoms with Gasteiger partial charge in [0.05, 0.1) is 18.1 Å². The zero-order chi connectivity index (χ0) is 22.2. The van der Waals surface area contributed by atoms with Crippen molar-refractivity contribution in [2.24, 2.45) is 5.41 Å². The van der Waals surface area contributed by atoms with Crippen molar-refractivity contribution in [3.63, 3.8) is 0 Å². The molecule has 0 amide bonds. The number of sulfone groups is 1. The van der Waals surface area contributed by atoms with E-state index < -0.39 is 21.6 Å². The van der Waals surface area contributed by atoms with E-state index in [1.165, 1.54) is 36.4 Å². The third-order valence-electron chi connectivity index (χ3n) is 5.21. The highest BCUT2D eigenvalue weighted by atomic mass is 32.2. The van der Waals surface area contributed by atoms with Gasteiger partial charge in [0, 0.05) is 11.7 Å². The topological polar surface area (TPSA) is 83.8 Å². The first-order chi connectivity index (χ1) is 14.0. The number of rotatable bonds is 6. The molecule has 162 valence electrons. The fourth-order valence-corrected chi connectivity index (χ4v) is 4.24. The molecule has 0 saturated heterocycles. The van der Waals surface area contributed by atoms with Gasteiger partial charge in [0.25, 0.3) is 0 Å². The average molecular weight is 442 g/mol. The van der Waals surface area contributed by atoms with Gasteiger partial charge >= 0.3 is 6.36 Å². The third-order valence-corrected chi connectivity index (χ3v) is 6.33. The maximum atomic E-state index is 12.4. The fraction of sp³-hybridized carbons (Fsp3) is 0.333. The number of allylic oxidation sites excluding steroid dienone is 2. The van der Waals surface area contributed by atoms with Crippen molar-refractivity contribution in [2.45, 2.75) is 24.1 Å². The summed E-state index contributed by atoms with van der Waals surface area (Å²) in [5, 5.41) is 19.7. The molecule has 0 aromatic heterocycles. The Morgan fingerprint density at radius 3 is 1.70 bits per heavy atom. The molecule has 0 fully saturated rings. The van der Waals surface area contributed by atoms with Gasteiger partial charge < -0.3 is 14.9 Å². The Morgan fingerprint density at radius 1 is 0.900 bits per heavy atom. The molecule has 2 N–H and O–H groups in total. The zero-order valence-corrected chi connectivity index (χ0v) is 16.9.